The highest BCUT2D eigenvalue weighted by atomic mass is 32.1. The lowest BCUT2D eigenvalue weighted by atomic mass is 9.87. The van der Waals surface area contributed by atoms with Gasteiger partial charge in [-0.15, -0.1) is 0 Å². The molecule has 0 bridgehead atoms. The molecule has 1 atom stereocenters. The number of ketones is 1. The minimum absolute atomic E-state index is 0.00328. The number of carbonyl (C=O) groups is 1. The average molecular weight is 338 g/mol. The summed E-state index contributed by atoms with van der Waals surface area (Å²) >= 11 is 1.18. The van der Waals surface area contributed by atoms with Gasteiger partial charge < -0.3 is 5.11 Å². The highest BCUT2D eigenvalue weighted by molar-refractivity contribution is 7.20. The van der Waals surface area contributed by atoms with E-state index in [1.165, 1.54) is 11.3 Å². The van der Waals surface area contributed by atoms with Gasteiger partial charge in [-0.1, -0.05) is 60.7 Å². The largest absolute Gasteiger partial charge is 0.499 e. The van der Waals surface area contributed by atoms with Crippen molar-refractivity contribution in [3.05, 3.63) is 75.9 Å². The highest BCUT2D eigenvalue weighted by Gasteiger charge is 2.25. The predicted octanol–water partition coefficient (Wildman–Crippen LogP) is 4.47. The lowest BCUT2D eigenvalue weighted by Crippen LogP contribution is -2.17. The van der Waals surface area contributed by atoms with Gasteiger partial charge in [0.15, 0.2) is 10.5 Å². The minimum atomic E-state index is -0.424. The van der Waals surface area contributed by atoms with Crippen LogP contribution in [0.3, 0.4) is 0 Å². The van der Waals surface area contributed by atoms with Crippen LogP contribution in [0.5, 0.6) is 5.06 Å². The topological polar surface area (TPSA) is 54.4 Å². The third-order valence-corrected chi connectivity index (χ3v) is 5.18. The van der Waals surface area contributed by atoms with Gasteiger partial charge >= 0.3 is 0 Å². The van der Waals surface area contributed by atoms with Crippen LogP contribution in [0.25, 0.3) is 10.1 Å². The number of hydrogen-bond donors (Lipinski definition) is 1. The second kappa shape index (κ2) is 6.97. The van der Waals surface area contributed by atoms with E-state index in [0.717, 1.165) is 10.3 Å². The van der Waals surface area contributed by atoms with E-state index in [1.807, 2.05) is 55.5 Å². The van der Waals surface area contributed by atoms with Gasteiger partial charge in [-0.2, -0.15) is 0 Å². The molecule has 3 aromatic rings. The first-order valence-corrected chi connectivity index (χ1v) is 8.74. The quantitative estimate of drug-likeness (QED) is 0.747. The first-order valence-electron chi connectivity index (χ1n) is 7.93. The van der Waals surface area contributed by atoms with Gasteiger partial charge in [-0.25, -0.2) is 0 Å². The van der Waals surface area contributed by atoms with Crippen molar-refractivity contribution in [1.82, 2.24) is 0 Å². The van der Waals surface area contributed by atoms with Crippen LogP contribution in [0.1, 0.15) is 36.8 Å². The number of hydrogen-bond acceptors (Lipinski definition) is 4. The summed E-state index contributed by atoms with van der Waals surface area (Å²) in [7, 11) is 0. The monoisotopic (exact) mass is 338 g/mol. The molecular weight excluding hydrogens is 320 g/mol. The molecular formula is C20H18O3S. The molecule has 0 fully saturated rings. The van der Waals surface area contributed by atoms with E-state index in [-0.39, 0.29) is 22.7 Å². The summed E-state index contributed by atoms with van der Waals surface area (Å²) in [5.41, 5.74) is 1.00. The van der Waals surface area contributed by atoms with E-state index in [4.69, 9.17) is 0 Å². The zero-order valence-electron chi connectivity index (χ0n) is 13.4. The van der Waals surface area contributed by atoms with Crippen LogP contribution >= 0.6 is 11.3 Å². The Kier molecular flexibility index (Phi) is 4.76. The van der Waals surface area contributed by atoms with Crippen LogP contribution in [-0.4, -0.2) is 10.9 Å². The summed E-state index contributed by atoms with van der Waals surface area (Å²) in [6, 6.07) is 16.7. The molecule has 1 aromatic heterocycles. The molecule has 0 saturated carbocycles. The predicted molar refractivity (Wildman–Crippen MR) is 98.0 cm³/mol. The second-order valence-corrected chi connectivity index (χ2v) is 6.74. The Morgan fingerprint density at radius 3 is 2.46 bits per heavy atom. The molecule has 0 radical (unpaired) electrons. The SMILES string of the molecule is CCC(=O)C[C@@H](c1ccccc1)c1c(O)sc2ccccc2c1=O. The summed E-state index contributed by atoms with van der Waals surface area (Å²) in [6.45, 7) is 1.81. The smallest absolute Gasteiger partial charge is 0.195 e. The average Bonchev–Trinajstić information content (AvgIpc) is 2.61. The zero-order chi connectivity index (χ0) is 17.1. The lowest BCUT2D eigenvalue weighted by Gasteiger charge is -2.18. The maximum Gasteiger partial charge on any atom is 0.195 e. The lowest BCUT2D eigenvalue weighted by molar-refractivity contribution is -0.118. The Balaban J connectivity index is 2.23. The number of rotatable bonds is 5. The van der Waals surface area contributed by atoms with Crippen molar-refractivity contribution in [3.63, 3.8) is 0 Å². The number of aromatic hydroxyl groups is 1. The highest BCUT2D eigenvalue weighted by Crippen LogP contribution is 2.37. The van der Waals surface area contributed by atoms with E-state index < -0.39 is 5.92 Å². The van der Waals surface area contributed by atoms with E-state index in [9.17, 15) is 14.7 Å². The van der Waals surface area contributed by atoms with Crippen molar-refractivity contribution in [2.75, 3.05) is 0 Å². The standard InChI is InChI=1S/C20H18O3S/c1-2-14(21)12-16(13-8-4-3-5-9-13)18-19(22)15-10-6-7-11-17(15)24-20(18)23/h3-11,16,23H,2,12H2,1H3/t16-/m0/s1. The molecule has 0 spiro atoms. The Morgan fingerprint density at radius 2 is 1.75 bits per heavy atom. The molecule has 0 amide bonds. The number of Topliss-reactive ketones (excluding diaryl/α,β-unsaturated/α-hetero) is 1. The molecule has 2 aromatic carbocycles. The van der Waals surface area contributed by atoms with Crippen molar-refractivity contribution in [2.24, 2.45) is 0 Å². The molecule has 4 heteroatoms. The fourth-order valence-corrected chi connectivity index (χ4v) is 3.87. The Morgan fingerprint density at radius 1 is 1.08 bits per heavy atom. The van der Waals surface area contributed by atoms with Gasteiger partial charge in [-0.3, -0.25) is 9.59 Å². The molecule has 0 saturated heterocycles. The first-order chi connectivity index (χ1) is 11.6. The van der Waals surface area contributed by atoms with Crippen molar-refractivity contribution in [2.45, 2.75) is 25.7 Å². The summed E-state index contributed by atoms with van der Waals surface area (Å²) in [6.07, 6.45) is 0.629. The molecule has 0 aliphatic heterocycles. The summed E-state index contributed by atoms with van der Waals surface area (Å²) in [5.74, 6) is -0.354. The van der Waals surface area contributed by atoms with Gasteiger partial charge in [0, 0.05) is 28.8 Å². The molecule has 3 rings (SSSR count). The van der Waals surface area contributed by atoms with Crippen molar-refractivity contribution < 1.29 is 9.90 Å². The Labute approximate surface area is 144 Å². The van der Waals surface area contributed by atoms with Crippen molar-refractivity contribution >= 4 is 27.2 Å². The normalized spacial score (nSPS) is 12.2. The fourth-order valence-electron chi connectivity index (χ4n) is 2.90. The molecule has 122 valence electrons. The van der Waals surface area contributed by atoms with Crippen LogP contribution in [0, 0.1) is 0 Å². The maximum absolute atomic E-state index is 13.0. The third-order valence-electron chi connectivity index (χ3n) is 4.19. The number of carbonyl (C=O) groups excluding carboxylic acids is 1. The van der Waals surface area contributed by atoms with Crippen LogP contribution in [0.2, 0.25) is 0 Å². The molecule has 0 unspecified atom stereocenters. The van der Waals surface area contributed by atoms with Crippen molar-refractivity contribution in [1.29, 1.82) is 0 Å². The fraction of sp³-hybridized carbons (Fsp3) is 0.200. The molecule has 1 N–H and O–H groups in total. The molecule has 0 aliphatic rings. The van der Waals surface area contributed by atoms with E-state index in [2.05, 4.69) is 0 Å². The second-order valence-electron chi connectivity index (χ2n) is 5.71. The van der Waals surface area contributed by atoms with Crippen LogP contribution < -0.4 is 5.43 Å². The first kappa shape index (κ1) is 16.4. The summed E-state index contributed by atoms with van der Waals surface area (Å²) < 4.78 is 0.748. The zero-order valence-corrected chi connectivity index (χ0v) is 14.2. The van der Waals surface area contributed by atoms with E-state index in [1.54, 1.807) is 6.07 Å². The molecule has 1 heterocycles. The number of benzene rings is 2. The van der Waals surface area contributed by atoms with Gasteiger partial charge in [0.2, 0.25) is 0 Å². The van der Waals surface area contributed by atoms with Crippen molar-refractivity contribution in [3.8, 4) is 5.06 Å². The Bertz CT molecular complexity index is 929. The summed E-state index contributed by atoms with van der Waals surface area (Å²) in [4.78, 5) is 25.0. The van der Waals surface area contributed by atoms with E-state index >= 15 is 0 Å². The molecule has 0 aliphatic carbocycles. The van der Waals surface area contributed by atoms with Gasteiger partial charge in [-0.05, 0) is 17.7 Å². The van der Waals surface area contributed by atoms with E-state index in [0.29, 0.717) is 17.4 Å². The van der Waals surface area contributed by atoms with Gasteiger partial charge in [0.1, 0.15) is 5.78 Å². The minimum Gasteiger partial charge on any atom is -0.499 e. The summed E-state index contributed by atoms with van der Waals surface area (Å²) in [5, 5.41) is 11.1. The number of fused-ring (bicyclic) bond motifs is 1. The van der Waals surface area contributed by atoms with Crippen LogP contribution in [0.15, 0.2) is 59.4 Å². The third kappa shape index (κ3) is 3.10. The van der Waals surface area contributed by atoms with Crippen LogP contribution in [0.4, 0.5) is 0 Å². The van der Waals surface area contributed by atoms with Gasteiger partial charge in [0.05, 0.1) is 5.56 Å². The molecule has 3 nitrogen and oxygen atoms in total. The Hall–Kier alpha value is -2.46. The maximum atomic E-state index is 13.0. The molecule has 24 heavy (non-hydrogen) atoms. The van der Waals surface area contributed by atoms with Gasteiger partial charge in [0.25, 0.3) is 0 Å². The van der Waals surface area contributed by atoms with Crippen LogP contribution in [-0.2, 0) is 4.79 Å².